The van der Waals surface area contributed by atoms with Crippen LogP contribution < -0.4 is 0 Å². The van der Waals surface area contributed by atoms with Gasteiger partial charge in [0.2, 0.25) is 0 Å². The van der Waals surface area contributed by atoms with Crippen LogP contribution in [0.15, 0.2) is 0 Å². The van der Waals surface area contributed by atoms with Gasteiger partial charge in [0.25, 0.3) is 11.9 Å². The van der Waals surface area contributed by atoms with Crippen molar-refractivity contribution in [2.24, 2.45) is 0 Å². The highest BCUT2D eigenvalue weighted by Crippen LogP contribution is 2.15. The van der Waals surface area contributed by atoms with Crippen LogP contribution >= 0.6 is 0 Å². The van der Waals surface area contributed by atoms with E-state index >= 15 is 0 Å². The fraction of sp³-hybridized carbons (Fsp3) is 0.907. The number of hydrogen-bond acceptors (Lipinski definition) is 7. The highest BCUT2D eigenvalue weighted by Gasteiger charge is 1.99. The standard InChI is InChI=1S/2C18H36O2.C3H8O3.2C2H4O2/c2*1-2-3-4-5-6-7-8-9-10-11-12-13-14-15-16-17-18(19)20;4-1-3(6)2-5;2*1-2(3)4/h2*2-17H2,1H3,(H,19,20);3-6H,1-2H2;2*1H3,(H,3,4). The van der Waals surface area contributed by atoms with Gasteiger partial charge in [-0.15, -0.1) is 0 Å². The number of unbranched alkanes of at least 4 members (excludes halogenated alkanes) is 28. The lowest BCUT2D eigenvalue weighted by molar-refractivity contribution is -0.138. The highest BCUT2D eigenvalue weighted by molar-refractivity contribution is 5.66. The number of carbonyl (C=O) groups is 4. The van der Waals surface area contributed by atoms with Crippen LogP contribution in [0.3, 0.4) is 0 Å². The molecule has 0 amide bonds. The minimum atomic E-state index is -0.954. The predicted octanol–water partition coefficient (Wildman–Crippen LogP) is 11.2. The van der Waals surface area contributed by atoms with Crippen LogP contribution in [0.2, 0.25) is 0 Å². The van der Waals surface area contributed by atoms with Gasteiger partial charge in [0.15, 0.2) is 0 Å². The smallest absolute Gasteiger partial charge is 0.303 e. The van der Waals surface area contributed by atoms with Gasteiger partial charge in [0, 0.05) is 26.7 Å². The molecule has 326 valence electrons. The molecule has 0 unspecified atom stereocenters. The third-order valence-corrected chi connectivity index (χ3v) is 8.41. The van der Waals surface area contributed by atoms with Crippen LogP contribution in [0.4, 0.5) is 0 Å². The molecule has 0 saturated heterocycles. The average Bonchev–Trinajstić information content (AvgIpc) is 3.11. The van der Waals surface area contributed by atoms with Gasteiger partial charge in [-0.1, -0.05) is 194 Å². The summed E-state index contributed by atoms with van der Waals surface area (Å²) in [5.74, 6) is -2.97. The molecular formula is C43H88O11. The van der Waals surface area contributed by atoms with Gasteiger partial charge in [-0.25, -0.2) is 0 Å². The molecule has 0 aromatic heterocycles. The Morgan fingerprint density at radius 2 is 0.500 bits per heavy atom. The number of carboxylic acids is 4. The van der Waals surface area contributed by atoms with E-state index in [4.69, 9.17) is 45.3 Å². The first-order valence-electron chi connectivity index (χ1n) is 21.5. The zero-order chi connectivity index (χ0) is 41.9. The van der Waals surface area contributed by atoms with Crippen LogP contribution in [0.5, 0.6) is 0 Å². The first-order chi connectivity index (χ1) is 25.8. The number of aliphatic hydroxyl groups is 3. The van der Waals surface area contributed by atoms with Crippen LogP contribution in [-0.4, -0.2) is 78.9 Å². The van der Waals surface area contributed by atoms with Gasteiger partial charge >= 0.3 is 11.9 Å². The molecular weight excluding hydrogens is 692 g/mol. The maximum Gasteiger partial charge on any atom is 0.303 e. The number of aliphatic carboxylic acids is 4. The van der Waals surface area contributed by atoms with E-state index in [0.717, 1.165) is 39.5 Å². The number of rotatable bonds is 34. The van der Waals surface area contributed by atoms with Crippen molar-refractivity contribution >= 4 is 23.9 Å². The van der Waals surface area contributed by atoms with E-state index in [0.29, 0.717) is 12.8 Å². The molecule has 0 fully saturated rings. The third-order valence-electron chi connectivity index (χ3n) is 8.41. The quantitative estimate of drug-likeness (QED) is 0.0305. The molecule has 11 heteroatoms. The largest absolute Gasteiger partial charge is 0.481 e. The summed E-state index contributed by atoms with van der Waals surface area (Å²) in [6.45, 7) is 5.98. The minimum absolute atomic E-state index is 0.345. The molecule has 0 rings (SSSR count). The molecule has 0 heterocycles. The Morgan fingerprint density at radius 3 is 0.611 bits per heavy atom. The summed E-state index contributed by atoms with van der Waals surface area (Å²) >= 11 is 0. The summed E-state index contributed by atoms with van der Waals surface area (Å²) in [6, 6.07) is 0. The molecule has 0 atom stereocenters. The molecule has 0 aromatic carbocycles. The maximum absolute atomic E-state index is 10.3. The Balaban J connectivity index is -0.000000219. The Bertz CT molecular complexity index is 679. The second-order valence-corrected chi connectivity index (χ2v) is 14.2. The summed E-state index contributed by atoms with van der Waals surface area (Å²) in [5.41, 5.74) is 0. The molecule has 0 bridgehead atoms. The van der Waals surface area contributed by atoms with Crippen LogP contribution in [0.1, 0.15) is 233 Å². The Kier molecular flexibility index (Phi) is 64.9. The highest BCUT2D eigenvalue weighted by atomic mass is 16.4. The summed E-state index contributed by atoms with van der Waals surface area (Å²) in [5, 5.41) is 55.9. The van der Waals surface area contributed by atoms with E-state index in [1.54, 1.807) is 0 Å². The first-order valence-corrected chi connectivity index (χ1v) is 21.5. The normalized spacial score (nSPS) is 10.1. The van der Waals surface area contributed by atoms with Crippen molar-refractivity contribution in [2.75, 3.05) is 13.2 Å². The molecule has 0 aliphatic heterocycles. The molecule has 0 aliphatic rings. The third kappa shape index (κ3) is 92.5. The van der Waals surface area contributed by atoms with Crippen LogP contribution in [0.25, 0.3) is 0 Å². The zero-order valence-corrected chi connectivity index (χ0v) is 35.4. The van der Waals surface area contributed by atoms with Crippen molar-refractivity contribution in [2.45, 2.75) is 239 Å². The molecule has 0 spiro atoms. The average molecular weight is 781 g/mol. The molecule has 7 N–H and O–H groups in total. The van der Waals surface area contributed by atoms with Gasteiger partial charge in [0.1, 0.15) is 6.10 Å². The Hall–Kier alpha value is -2.24. The lowest BCUT2D eigenvalue weighted by Crippen LogP contribution is -2.15. The Labute approximate surface area is 330 Å². The topological polar surface area (TPSA) is 210 Å². The zero-order valence-electron chi connectivity index (χ0n) is 35.4. The number of carboxylic acid groups (broad SMARTS) is 4. The van der Waals surface area contributed by atoms with Crippen LogP contribution in [0, 0.1) is 0 Å². The number of aliphatic hydroxyl groups excluding tert-OH is 3. The summed E-state index contributed by atoms with van der Waals surface area (Å²) in [6.07, 6.45) is 39.4. The van der Waals surface area contributed by atoms with Crippen molar-refractivity contribution in [3.8, 4) is 0 Å². The van der Waals surface area contributed by atoms with Crippen molar-refractivity contribution in [3.63, 3.8) is 0 Å². The summed E-state index contributed by atoms with van der Waals surface area (Å²) < 4.78 is 0. The van der Waals surface area contributed by atoms with Gasteiger partial charge in [-0.2, -0.15) is 0 Å². The van der Waals surface area contributed by atoms with Crippen molar-refractivity contribution < 1.29 is 54.9 Å². The molecule has 0 saturated carbocycles. The van der Waals surface area contributed by atoms with Crippen LogP contribution in [-0.2, 0) is 19.2 Å². The molecule has 11 nitrogen and oxygen atoms in total. The fourth-order valence-electron chi connectivity index (χ4n) is 5.35. The van der Waals surface area contributed by atoms with Gasteiger partial charge < -0.3 is 35.7 Å². The lowest BCUT2D eigenvalue weighted by Gasteiger charge is -2.03. The summed E-state index contributed by atoms with van der Waals surface area (Å²) in [4.78, 5) is 38.7. The van der Waals surface area contributed by atoms with Gasteiger partial charge in [-0.05, 0) is 12.8 Å². The van der Waals surface area contributed by atoms with Gasteiger partial charge in [-0.3, -0.25) is 19.2 Å². The van der Waals surface area contributed by atoms with E-state index in [1.165, 1.54) is 167 Å². The predicted molar refractivity (Wildman–Crippen MR) is 221 cm³/mol. The molecule has 0 aliphatic carbocycles. The maximum atomic E-state index is 10.3. The minimum Gasteiger partial charge on any atom is -0.481 e. The first kappa shape index (κ1) is 61.0. The van der Waals surface area contributed by atoms with E-state index in [2.05, 4.69) is 13.8 Å². The van der Waals surface area contributed by atoms with Crippen molar-refractivity contribution in [1.29, 1.82) is 0 Å². The van der Waals surface area contributed by atoms with E-state index in [1.807, 2.05) is 0 Å². The SMILES string of the molecule is CC(=O)O.CC(=O)O.CCCCCCCCCCCCCCCCCC(=O)O.CCCCCCCCCCCCCCCCCC(=O)O.OCC(O)CO. The number of hydrogen-bond donors (Lipinski definition) is 7. The fourth-order valence-corrected chi connectivity index (χ4v) is 5.35. The second-order valence-electron chi connectivity index (χ2n) is 14.2. The molecule has 0 aromatic rings. The van der Waals surface area contributed by atoms with E-state index in [-0.39, 0.29) is 13.2 Å². The monoisotopic (exact) mass is 781 g/mol. The Morgan fingerprint density at radius 1 is 0.352 bits per heavy atom. The van der Waals surface area contributed by atoms with E-state index in [9.17, 15) is 9.59 Å². The van der Waals surface area contributed by atoms with Gasteiger partial charge in [0.05, 0.1) is 13.2 Å². The van der Waals surface area contributed by atoms with Crippen molar-refractivity contribution in [3.05, 3.63) is 0 Å². The molecule has 0 radical (unpaired) electrons. The molecule has 54 heavy (non-hydrogen) atoms. The lowest BCUT2D eigenvalue weighted by atomic mass is 10.0. The summed E-state index contributed by atoms with van der Waals surface area (Å²) in [7, 11) is 0. The second kappa shape index (κ2) is 57.5. The van der Waals surface area contributed by atoms with Crippen molar-refractivity contribution in [1.82, 2.24) is 0 Å². The van der Waals surface area contributed by atoms with E-state index < -0.39 is 30.0 Å².